The van der Waals surface area contributed by atoms with Crippen molar-refractivity contribution in [2.45, 2.75) is 13.0 Å². The second-order valence-corrected chi connectivity index (χ2v) is 7.34. The quantitative estimate of drug-likeness (QED) is 0.560. The van der Waals surface area contributed by atoms with Crippen LogP contribution < -0.4 is 11.1 Å². The van der Waals surface area contributed by atoms with Crippen molar-refractivity contribution in [1.82, 2.24) is 15.0 Å². The number of benzene rings is 1. The zero-order chi connectivity index (χ0) is 17.4. The molecule has 0 spiro atoms. The summed E-state index contributed by atoms with van der Waals surface area (Å²) in [7, 11) is 0. The van der Waals surface area contributed by atoms with Crippen LogP contribution in [0.1, 0.15) is 6.92 Å². The van der Waals surface area contributed by atoms with E-state index in [-0.39, 0.29) is 6.04 Å². The summed E-state index contributed by atoms with van der Waals surface area (Å²) in [4.78, 5) is 13.6. The molecule has 0 aliphatic heterocycles. The van der Waals surface area contributed by atoms with E-state index in [1.54, 1.807) is 23.7 Å². The van der Waals surface area contributed by atoms with Crippen molar-refractivity contribution in [3.05, 3.63) is 47.7 Å². The molecule has 0 saturated carbocycles. The Kier molecular flexibility index (Phi) is 4.25. The summed E-state index contributed by atoms with van der Waals surface area (Å²) in [6, 6.07) is 9.70. The molecule has 25 heavy (non-hydrogen) atoms. The molecule has 0 amide bonds. The average molecular weight is 370 g/mol. The van der Waals surface area contributed by atoms with Crippen molar-refractivity contribution in [1.29, 1.82) is 0 Å². The fourth-order valence-corrected chi connectivity index (χ4v) is 4.11. The topological polar surface area (TPSA) is 76.7 Å². The molecule has 0 aliphatic carbocycles. The number of pyridine rings is 1. The van der Waals surface area contributed by atoms with Gasteiger partial charge in [0.25, 0.3) is 0 Å². The van der Waals surface area contributed by atoms with Crippen LogP contribution in [0.5, 0.6) is 0 Å². The summed E-state index contributed by atoms with van der Waals surface area (Å²) in [6.45, 7) is 2.58. The third-order valence-electron chi connectivity index (χ3n) is 3.82. The van der Waals surface area contributed by atoms with E-state index >= 15 is 0 Å². The Balaban J connectivity index is 2.00. The molecule has 0 fully saturated rings. The number of thiophene rings is 1. The Bertz CT molecular complexity index is 1050. The van der Waals surface area contributed by atoms with Crippen LogP contribution in [-0.4, -0.2) is 27.5 Å². The van der Waals surface area contributed by atoms with Gasteiger partial charge in [0.1, 0.15) is 5.82 Å². The molecule has 7 heteroatoms. The van der Waals surface area contributed by atoms with Gasteiger partial charge >= 0.3 is 0 Å². The Morgan fingerprint density at radius 1 is 1.20 bits per heavy atom. The molecule has 1 aromatic carbocycles. The number of nitrogens with zero attached hydrogens (tertiary/aromatic N) is 3. The van der Waals surface area contributed by atoms with E-state index in [0.717, 1.165) is 31.7 Å². The van der Waals surface area contributed by atoms with Crippen LogP contribution >= 0.6 is 22.9 Å². The van der Waals surface area contributed by atoms with Gasteiger partial charge in [-0.15, -0.1) is 11.3 Å². The molecule has 4 aromatic rings. The van der Waals surface area contributed by atoms with E-state index < -0.39 is 0 Å². The molecule has 0 aliphatic rings. The molecule has 0 saturated heterocycles. The summed E-state index contributed by atoms with van der Waals surface area (Å²) in [5.41, 5.74) is 7.67. The first-order valence-electron chi connectivity index (χ1n) is 7.92. The van der Waals surface area contributed by atoms with Crippen LogP contribution in [0, 0.1) is 0 Å². The van der Waals surface area contributed by atoms with Crippen LogP contribution in [0.25, 0.3) is 31.7 Å². The summed E-state index contributed by atoms with van der Waals surface area (Å²) in [5, 5.41) is 5.01. The average Bonchev–Trinajstić information content (AvgIpc) is 3.00. The van der Waals surface area contributed by atoms with E-state index in [1.165, 1.54) is 0 Å². The highest BCUT2D eigenvalue weighted by Gasteiger charge is 2.16. The number of halogens is 1. The molecule has 4 rings (SSSR count). The van der Waals surface area contributed by atoms with E-state index in [2.05, 4.69) is 16.4 Å². The van der Waals surface area contributed by atoms with Crippen LogP contribution in [0.2, 0.25) is 5.02 Å². The zero-order valence-corrected chi connectivity index (χ0v) is 15.1. The minimum Gasteiger partial charge on any atom is -0.367 e. The van der Waals surface area contributed by atoms with Gasteiger partial charge < -0.3 is 11.1 Å². The molecule has 0 radical (unpaired) electrons. The summed E-state index contributed by atoms with van der Waals surface area (Å²) in [5.74, 6) is 1.42. The second kappa shape index (κ2) is 6.55. The smallest absolute Gasteiger partial charge is 0.162 e. The van der Waals surface area contributed by atoms with Gasteiger partial charge in [-0.1, -0.05) is 17.7 Å². The largest absolute Gasteiger partial charge is 0.367 e. The number of rotatable bonds is 4. The van der Waals surface area contributed by atoms with Gasteiger partial charge in [0.05, 0.1) is 15.2 Å². The lowest BCUT2D eigenvalue weighted by Gasteiger charge is -2.10. The predicted molar refractivity (Wildman–Crippen MR) is 105 cm³/mol. The van der Waals surface area contributed by atoms with Gasteiger partial charge in [-0.05, 0) is 31.2 Å². The first-order chi connectivity index (χ1) is 12.1. The van der Waals surface area contributed by atoms with Gasteiger partial charge in [0.2, 0.25) is 0 Å². The number of nitrogens with one attached hydrogen (secondary N) is 1. The molecular formula is C18H16ClN5S. The molecule has 126 valence electrons. The van der Waals surface area contributed by atoms with E-state index in [4.69, 9.17) is 27.3 Å². The number of anilines is 1. The lowest BCUT2D eigenvalue weighted by Crippen LogP contribution is -2.25. The Morgan fingerprint density at radius 3 is 2.76 bits per heavy atom. The standard InChI is InChI=1S/C18H16ClN5S/c1-10(20)9-22-18-16-15(14-12(19)3-2-4-13(14)25-16)23-17(24-18)11-5-7-21-8-6-11/h2-8,10H,9,20H2,1H3,(H,22,23,24). The van der Waals surface area contributed by atoms with Crippen molar-refractivity contribution >= 4 is 49.1 Å². The summed E-state index contributed by atoms with van der Waals surface area (Å²) < 4.78 is 2.08. The number of hydrogen-bond donors (Lipinski definition) is 2. The van der Waals surface area contributed by atoms with Crippen molar-refractivity contribution in [2.24, 2.45) is 5.73 Å². The van der Waals surface area contributed by atoms with Crippen molar-refractivity contribution in [3.8, 4) is 11.4 Å². The van der Waals surface area contributed by atoms with Crippen LogP contribution in [0.15, 0.2) is 42.7 Å². The number of aromatic nitrogens is 3. The third-order valence-corrected chi connectivity index (χ3v) is 5.29. The molecule has 1 unspecified atom stereocenters. The maximum Gasteiger partial charge on any atom is 0.162 e. The molecule has 0 bridgehead atoms. The normalized spacial score (nSPS) is 12.6. The highest BCUT2D eigenvalue weighted by molar-refractivity contribution is 7.26. The Hall–Kier alpha value is -2.28. The highest BCUT2D eigenvalue weighted by atomic mass is 35.5. The molecular weight excluding hydrogens is 354 g/mol. The second-order valence-electron chi connectivity index (χ2n) is 5.88. The van der Waals surface area contributed by atoms with Crippen LogP contribution in [-0.2, 0) is 0 Å². The highest BCUT2D eigenvalue weighted by Crippen LogP contribution is 2.40. The minimum absolute atomic E-state index is 0.0207. The number of fused-ring (bicyclic) bond motifs is 3. The SMILES string of the molecule is CC(N)CNc1nc(-c2ccncc2)nc2c1sc1cccc(Cl)c12. The fraction of sp³-hybridized carbons (Fsp3) is 0.167. The van der Waals surface area contributed by atoms with Crippen molar-refractivity contribution in [2.75, 3.05) is 11.9 Å². The molecule has 3 N–H and O–H groups in total. The predicted octanol–water partition coefficient (Wildman–Crippen LogP) is 4.32. The molecule has 3 aromatic heterocycles. The van der Waals surface area contributed by atoms with Crippen LogP contribution in [0.3, 0.4) is 0 Å². The van der Waals surface area contributed by atoms with Gasteiger partial charge in [0, 0.05) is 40.6 Å². The third kappa shape index (κ3) is 3.04. The van der Waals surface area contributed by atoms with E-state index in [9.17, 15) is 0 Å². The van der Waals surface area contributed by atoms with E-state index in [0.29, 0.717) is 17.4 Å². The van der Waals surface area contributed by atoms with Gasteiger partial charge in [-0.25, -0.2) is 9.97 Å². The van der Waals surface area contributed by atoms with Crippen LogP contribution in [0.4, 0.5) is 5.82 Å². The van der Waals surface area contributed by atoms with Crippen molar-refractivity contribution < 1.29 is 0 Å². The Morgan fingerprint density at radius 2 is 2.00 bits per heavy atom. The van der Waals surface area contributed by atoms with Gasteiger partial charge in [0.15, 0.2) is 5.82 Å². The fourth-order valence-electron chi connectivity index (χ4n) is 2.65. The lowest BCUT2D eigenvalue weighted by atomic mass is 10.2. The van der Waals surface area contributed by atoms with Gasteiger partial charge in [-0.3, -0.25) is 4.98 Å². The maximum atomic E-state index is 6.45. The van der Waals surface area contributed by atoms with E-state index in [1.807, 2.05) is 31.2 Å². The zero-order valence-electron chi connectivity index (χ0n) is 13.5. The number of hydrogen-bond acceptors (Lipinski definition) is 6. The first kappa shape index (κ1) is 16.2. The molecule has 3 heterocycles. The molecule has 1 atom stereocenters. The minimum atomic E-state index is 0.0207. The maximum absolute atomic E-state index is 6.45. The monoisotopic (exact) mass is 369 g/mol. The van der Waals surface area contributed by atoms with Crippen molar-refractivity contribution in [3.63, 3.8) is 0 Å². The number of nitrogens with two attached hydrogens (primary N) is 1. The molecule has 5 nitrogen and oxygen atoms in total. The first-order valence-corrected chi connectivity index (χ1v) is 9.11. The summed E-state index contributed by atoms with van der Waals surface area (Å²) in [6.07, 6.45) is 3.47. The Labute approximate surface area is 153 Å². The van der Waals surface area contributed by atoms with Gasteiger partial charge in [-0.2, -0.15) is 0 Å². The summed E-state index contributed by atoms with van der Waals surface area (Å²) >= 11 is 8.08. The lowest BCUT2D eigenvalue weighted by molar-refractivity contribution is 0.778.